The number of hydrogen-bond acceptors (Lipinski definition) is 6. The summed E-state index contributed by atoms with van der Waals surface area (Å²) < 4.78 is 10.1. The number of benzene rings is 2. The predicted octanol–water partition coefficient (Wildman–Crippen LogP) is 1.25. The van der Waals surface area contributed by atoms with Crippen LogP contribution in [-0.2, 0) is 20.7 Å². The first-order chi connectivity index (χ1) is 13.8. The predicted molar refractivity (Wildman–Crippen MR) is 109 cm³/mol. The zero-order chi connectivity index (χ0) is 21.4. The highest BCUT2D eigenvalue weighted by Gasteiger charge is 2.26. The van der Waals surface area contributed by atoms with E-state index in [0.717, 1.165) is 11.1 Å². The van der Waals surface area contributed by atoms with Crippen molar-refractivity contribution in [3.05, 3.63) is 59.7 Å². The SMILES string of the molecule is COc1cccc(NC(=O)C(C)C(=O)N[C@@H](Cc2ccc(C)cc2)OB(O)O)c1. The van der Waals surface area contributed by atoms with Crippen molar-refractivity contribution < 1.29 is 29.0 Å². The molecule has 0 spiro atoms. The number of amides is 2. The van der Waals surface area contributed by atoms with Crippen molar-refractivity contribution in [1.29, 1.82) is 0 Å². The first-order valence-corrected chi connectivity index (χ1v) is 9.11. The first kappa shape index (κ1) is 22.4. The van der Waals surface area contributed by atoms with E-state index in [-0.39, 0.29) is 6.42 Å². The molecule has 0 aliphatic heterocycles. The van der Waals surface area contributed by atoms with E-state index in [9.17, 15) is 9.59 Å². The molecule has 29 heavy (non-hydrogen) atoms. The van der Waals surface area contributed by atoms with Gasteiger partial charge >= 0.3 is 7.32 Å². The third-order valence-corrected chi connectivity index (χ3v) is 4.25. The summed E-state index contributed by atoms with van der Waals surface area (Å²) in [6, 6.07) is 14.2. The van der Waals surface area contributed by atoms with Crippen molar-refractivity contribution in [1.82, 2.24) is 5.32 Å². The number of anilines is 1. The second-order valence-corrected chi connectivity index (χ2v) is 6.59. The van der Waals surface area contributed by atoms with Gasteiger partial charge in [-0.05, 0) is 31.5 Å². The summed E-state index contributed by atoms with van der Waals surface area (Å²) in [5.41, 5.74) is 2.39. The van der Waals surface area contributed by atoms with Crippen molar-refractivity contribution in [2.45, 2.75) is 26.5 Å². The summed E-state index contributed by atoms with van der Waals surface area (Å²) in [4.78, 5) is 24.9. The summed E-state index contributed by atoms with van der Waals surface area (Å²) in [5, 5.41) is 23.5. The second kappa shape index (κ2) is 10.6. The smallest absolute Gasteiger partial charge is 0.497 e. The molecule has 1 unspecified atom stereocenters. The van der Waals surface area contributed by atoms with Crippen LogP contribution in [0.1, 0.15) is 18.1 Å². The van der Waals surface area contributed by atoms with E-state index in [2.05, 4.69) is 10.6 Å². The third-order valence-electron chi connectivity index (χ3n) is 4.25. The van der Waals surface area contributed by atoms with Crippen molar-refractivity contribution in [3.63, 3.8) is 0 Å². The van der Waals surface area contributed by atoms with Gasteiger partial charge in [0.15, 0.2) is 0 Å². The van der Waals surface area contributed by atoms with Gasteiger partial charge < -0.3 is 30.1 Å². The molecular formula is C20H25BN2O6. The topological polar surface area (TPSA) is 117 Å². The fourth-order valence-electron chi connectivity index (χ4n) is 2.57. The van der Waals surface area contributed by atoms with Gasteiger partial charge in [-0.2, -0.15) is 0 Å². The number of rotatable bonds is 9. The molecule has 0 aliphatic rings. The van der Waals surface area contributed by atoms with Crippen molar-refractivity contribution in [2.24, 2.45) is 5.92 Å². The van der Waals surface area contributed by atoms with E-state index in [1.54, 1.807) is 24.3 Å². The molecule has 2 aromatic rings. The minimum absolute atomic E-state index is 0.202. The Balaban J connectivity index is 2.00. The summed E-state index contributed by atoms with van der Waals surface area (Å²) >= 11 is 0. The summed E-state index contributed by atoms with van der Waals surface area (Å²) in [7, 11) is -0.549. The molecule has 4 N–H and O–H groups in total. The third kappa shape index (κ3) is 7.22. The number of nitrogens with one attached hydrogen (secondary N) is 2. The zero-order valence-corrected chi connectivity index (χ0v) is 16.6. The van der Waals surface area contributed by atoms with Crippen molar-refractivity contribution in [3.8, 4) is 5.75 Å². The van der Waals surface area contributed by atoms with Crippen LogP contribution in [0.2, 0.25) is 0 Å². The van der Waals surface area contributed by atoms with Crippen LogP contribution in [0.15, 0.2) is 48.5 Å². The molecule has 2 amide bonds. The lowest BCUT2D eigenvalue weighted by atomic mass is 10.1. The number of aryl methyl sites for hydroxylation is 1. The van der Waals surface area contributed by atoms with Gasteiger partial charge in [0.05, 0.1) is 7.11 Å². The van der Waals surface area contributed by atoms with Gasteiger partial charge in [-0.1, -0.05) is 35.9 Å². The van der Waals surface area contributed by atoms with E-state index < -0.39 is 31.3 Å². The Hall–Kier alpha value is -2.88. The number of carbonyl (C=O) groups is 2. The van der Waals surface area contributed by atoms with Gasteiger partial charge in [0.25, 0.3) is 0 Å². The monoisotopic (exact) mass is 400 g/mol. The summed E-state index contributed by atoms with van der Waals surface area (Å²) in [6.07, 6.45) is -0.814. The van der Waals surface area contributed by atoms with Gasteiger partial charge in [-0.15, -0.1) is 0 Å². The van der Waals surface area contributed by atoms with Crippen LogP contribution >= 0.6 is 0 Å². The maximum absolute atomic E-state index is 12.5. The molecule has 2 rings (SSSR count). The highest BCUT2D eigenvalue weighted by molar-refractivity contribution is 6.32. The normalized spacial score (nSPS) is 12.6. The fraction of sp³-hybridized carbons (Fsp3) is 0.300. The van der Waals surface area contributed by atoms with Gasteiger partial charge in [0.1, 0.15) is 17.9 Å². The van der Waals surface area contributed by atoms with Gasteiger partial charge in [-0.25, -0.2) is 0 Å². The summed E-state index contributed by atoms with van der Waals surface area (Å²) in [6.45, 7) is 3.39. The van der Waals surface area contributed by atoms with E-state index in [0.29, 0.717) is 11.4 Å². The van der Waals surface area contributed by atoms with E-state index in [4.69, 9.17) is 19.4 Å². The minimum atomic E-state index is -2.06. The molecule has 2 aromatic carbocycles. The largest absolute Gasteiger partial charge is 0.635 e. The molecule has 9 heteroatoms. The number of carbonyl (C=O) groups excluding carboxylic acids is 2. The Labute approximate surface area is 170 Å². The Morgan fingerprint density at radius 3 is 2.41 bits per heavy atom. The second-order valence-electron chi connectivity index (χ2n) is 6.59. The first-order valence-electron chi connectivity index (χ1n) is 9.11. The Kier molecular flexibility index (Phi) is 8.20. The Morgan fingerprint density at radius 2 is 1.79 bits per heavy atom. The van der Waals surface area contributed by atoms with Crippen LogP contribution in [0, 0.1) is 12.8 Å². The van der Waals surface area contributed by atoms with Crippen LogP contribution in [0.3, 0.4) is 0 Å². The average Bonchev–Trinajstić information content (AvgIpc) is 2.68. The average molecular weight is 400 g/mol. The molecule has 2 atom stereocenters. The molecule has 0 fully saturated rings. The highest BCUT2D eigenvalue weighted by atomic mass is 16.6. The minimum Gasteiger partial charge on any atom is -0.497 e. The molecule has 0 aliphatic carbocycles. The fourth-order valence-corrected chi connectivity index (χ4v) is 2.57. The maximum Gasteiger partial charge on any atom is 0.635 e. The van der Waals surface area contributed by atoms with E-state index in [1.807, 2.05) is 31.2 Å². The maximum atomic E-state index is 12.5. The molecule has 0 radical (unpaired) electrons. The lowest BCUT2D eigenvalue weighted by Crippen LogP contribution is -2.46. The molecule has 0 bridgehead atoms. The van der Waals surface area contributed by atoms with Gasteiger partial charge in [-0.3, -0.25) is 9.59 Å². The molecule has 0 saturated heterocycles. The van der Waals surface area contributed by atoms with Crippen molar-refractivity contribution >= 4 is 24.8 Å². The van der Waals surface area contributed by atoms with Crippen molar-refractivity contribution in [2.75, 3.05) is 12.4 Å². The Morgan fingerprint density at radius 1 is 1.10 bits per heavy atom. The quantitative estimate of drug-likeness (QED) is 0.286. The zero-order valence-electron chi connectivity index (χ0n) is 16.6. The van der Waals surface area contributed by atoms with E-state index in [1.165, 1.54) is 14.0 Å². The van der Waals surface area contributed by atoms with Gasteiger partial charge in [0, 0.05) is 18.2 Å². The number of methoxy groups -OCH3 is 1. The molecule has 0 saturated carbocycles. The lowest BCUT2D eigenvalue weighted by Gasteiger charge is -2.21. The molecule has 0 heterocycles. The van der Waals surface area contributed by atoms with E-state index >= 15 is 0 Å². The van der Waals surface area contributed by atoms with Crippen LogP contribution < -0.4 is 15.4 Å². The van der Waals surface area contributed by atoms with Gasteiger partial charge in [0.2, 0.25) is 11.8 Å². The van der Waals surface area contributed by atoms with Crippen LogP contribution in [-0.4, -0.2) is 42.5 Å². The molecule has 154 valence electrons. The molecule has 0 aromatic heterocycles. The Bertz CT molecular complexity index is 828. The standard InChI is InChI=1S/C20H25BN2O6/c1-13-7-9-15(10-8-13)11-18(29-21(26)27)23-20(25)14(2)19(24)22-16-5-4-6-17(12-16)28-3/h4-10,12,14,18,26-27H,11H2,1-3H3,(H,22,24)(H,23,25)/t14?,18-/m1/s1. The van der Waals surface area contributed by atoms with Crippen LogP contribution in [0.5, 0.6) is 5.75 Å². The highest BCUT2D eigenvalue weighted by Crippen LogP contribution is 2.17. The lowest BCUT2D eigenvalue weighted by molar-refractivity contribution is -0.133. The summed E-state index contributed by atoms with van der Waals surface area (Å²) in [5.74, 6) is -1.60. The molecular weight excluding hydrogens is 375 g/mol. The number of hydrogen-bond donors (Lipinski definition) is 4. The van der Waals surface area contributed by atoms with Crippen LogP contribution in [0.25, 0.3) is 0 Å². The molecule has 8 nitrogen and oxygen atoms in total. The number of ether oxygens (including phenoxy) is 1. The van der Waals surface area contributed by atoms with Crippen LogP contribution in [0.4, 0.5) is 5.69 Å².